The summed E-state index contributed by atoms with van der Waals surface area (Å²) in [6.07, 6.45) is -0.706. The summed E-state index contributed by atoms with van der Waals surface area (Å²) in [5.74, 6) is 0.938. The highest BCUT2D eigenvalue weighted by molar-refractivity contribution is 7.89. The van der Waals surface area contributed by atoms with E-state index in [1.54, 1.807) is 12.1 Å². The van der Waals surface area contributed by atoms with Crippen molar-refractivity contribution in [3.8, 4) is 11.5 Å². The van der Waals surface area contributed by atoms with E-state index < -0.39 is 10.0 Å². The standard InChI is InChI=1S/C22H26N2O6S/c1-15-12-24(13-16(2)29-15)31(26,27)19-7-5-6-17(10-19)22(25)23-11-18-14-28-20-8-3-4-9-21(20)30-18/h3-10,15-16,18H,11-14H2,1-2H3,(H,23,25)/t15-,16-,18+/m1/s1. The van der Waals surface area contributed by atoms with Crippen LogP contribution in [0.1, 0.15) is 24.2 Å². The Kier molecular flexibility index (Phi) is 6.17. The molecule has 3 atom stereocenters. The van der Waals surface area contributed by atoms with Crippen molar-refractivity contribution in [3.05, 3.63) is 54.1 Å². The monoisotopic (exact) mass is 446 g/mol. The highest BCUT2D eigenvalue weighted by atomic mass is 32.2. The highest BCUT2D eigenvalue weighted by Crippen LogP contribution is 2.30. The van der Waals surface area contributed by atoms with E-state index in [0.717, 1.165) is 0 Å². The summed E-state index contributed by atoms with van der Waals surface area (Å²) >= 11 is 0. The van der Waals surface area contributed by atoms with Crippen molar-refractivity contribution in [2.24, 2.45) is 0 Å². The highest BCUT2D eigenvalue weighted by Gasteiger charge is 2.32. The maximum absolute atomic E-state index is 13.1. The van der Waals surface area contributed by atoms with Crippen LogP contribution >= 0.6 is 0 Å². The van der Waals surface area contributed by atoms with Crippen molar-refractivity contribution in [1.82, 2.24) is 9.62 Å². The fourth-order valence-electron chi connectivity index (χ4n) is 3.75. The second-order valence-electron chi connectivity index (χ2n) is 7.81. The average molecular weight is 447 g/mol. The molecule has 0 radical (unpaired) electrons. The molecule has 0 bridgehead atoms. The molecule has 0 aliphatic carbocycles. The van der Waals surface area contributed by atoms with Crippen molar-refractivity contribution in [1.29, 1.82) is 0 Å². The predicted molar refractivity (Wildman–Crippen MR) is 114 cm³/mol. The quantitative estimate of drug-likeness (QED) is 0.756. The number of hydrogen-bond acceptors (Lipinski definition) is 6. The molecule has 0 spiro atoms. The van der Waals surface area contributed by atoms with Gasteiger partial charge in [0.25, 0.3) is 5.91 Å². The van der Waals surface area contributed by atoms with E-state index >= 15 is 0 Å². The van der Waals surface area contributed by atoms with Gasteiger partial charge < -0.3 is 19.5 Å². The van der Waals surface area contributed by atoms with Crippen LogP contribution in [0.25, 0.3) is 0 Å². The normalized spacial score (nSPS) is 23.9. The Balaban J connectivity index is 1.41. The van der Waals surface area contributed by atoms with Gasteiger partial charge in [0.05, 0.1) is 23.6 Å². The average Bonchev–Trinajstić information content (AvgIpc) is 2.76. The van der Waals surface area contributed by atoms with Gasteiger partial charge >= 0.3 is 0 Å². The number of carbonyl (C=O) groups is 1. The Morgan fingerprint density at radius 1 is 1.06 bits per heavy atom. The molecule has 9 heteroatoms. The molecule has 0 saturated carbocycles. The van der Waals surface area contributed by atoms with Crippen LogP contribution in [-0.4, -0.2) is 63.2 Å². The van der Waals surface area contributed by atoms with Gasteiger partial charge in [-0.05, 0) is 44.2 Å². The summed E-state index contributed by atoms with van der Waals surface area (Å²) in [6, 6.07) is 13.4. The molecule has 2 heterocycles. The third-order valence-corrected chi connectivity index (χ3v) is 7.01. The van der Waals surface area contributed by atoms with Crippen LogP contribution in [0.3, 0.4) is 0 Å². The minimum Gasteiger partial charge on any atom is -0.486 e. The van der Waals surface area contributed by atoms with Crippen LogP contribution in [0.5, 0.6) is 11.5 Å². The number of morpholine rings is 1. The molecule has 0 aromatic heterocycles. The number of hydrogen-bond donors (Lipinski definition) is 1. The third-order valence-electron chi connectivity index (χ3n) is 5.18. The van der Waals surface area contributed by atoms with Gasteiger partial charge in [0.1, 0.15) is 12.7 Å². The first-order valence-corrected chi connectivity index (χ1v) is 11.7. The molecular formula is C22H26N2O6S. The number of ether oxygens (including phenoxy) is 3. The Morgan fingerprint density at radius 2 is 1.77 bits per heavy atom. The number of benzene rings is 2. The van der Waals surface area contributed by atoms with E-state index in [1.165, 1.54) is 16.4 Å². The molecule has 0 unspecified atom stereocenters. The van der Waals surface area contributed by atoms with Gasteiger partial charge in [-0.3, -0.25) is 4.79 Å². The SMILES string of the molecule is C[C@@H]1CN(S(=O)(=O)c2cccc(C(=O)NC[C@H]3COc4ccccc4O3)c2)C[C@@H](C)O1. The van der Waals surface area contributed by atoms with E-state index in [2.05, 4.69) is 5.32 Å². The van der Waals surface area contributed by atoms with Crippen LogP contribution in [0.4, 0.5) is 0 Å². The number of amides is 1. The first-order valence-electron chi connectivity index (χ1n) is 10.3. The summed E-state index contributed by atoms with van der Waals surface area (Å²) in [6.45, 7) is 4.81. The van der Waals surface area contributed by atoms with E-state index in [0.29, 0.717) is 18.1 Å². The maximum Gasteiger partial charge on any atom is 0.251 e. The lowest BCUT2D eigenvalue weighted by molar-refractivity contribution is -0.0440. The van der Waals surface area contributed by atoms with Crippen molar-refractivity contribution >= 4 is 15.9 Å². The number of sulfonamides is 1. The van der Waals surface area contributed by atoms with Crippen molar-refractivity contribution in [2.75, 3.05) is 26.2 Å². The fraction of sp³-hybridized carbons (Fsp3) is 0.409. The molecule has 2 aromatic rings. The van der Waals surface area contributed by atoms with Gasteiger partial charge in [0, 0.05) is 18.7 Å². The van der Waals surface area contributed by atoms with Gasteiger partial charge in [-0.25, -0.2) is 8.42 Å². The molecule has 2 aromatic carbocycles. The van der Waals surface area contributed by atoms with Gasteiger partial charge in [-0.2, -0.15) is 4.31 Å². The molecule has 1 saturated heterocycles. The number of fused-ring (bicyclic) bond motifs is 1. The van der Waals surface area contributed by atoms with Crippen LogP contribution in [0, 0.1) is 0 Å². The molecule has 2 aliphatic rings. The summed E-state index contributed by atoms with van der Waals surface area (Å²) < 4.78 is 44.7. The van der Waals surface area contributed by atoms with E-state index in [-0.39, 0.29) is 54.3 Å². The fourth-order valence-corrected chi connectivity index (χ4v) is 5.38. The summed E-state index contributed by atoms with van der Waals surface area (Å²) in [4.78, 5) is 12.7. The van der Waals surface area contributed by atoms with Gasteiger partial charge in [-0.15, -0.1) is 0 Å². The molecule has 4 rings (SSSR count). The zero-order chi connectivity index (χ0) is 22.0. The zero-order valence-corrected chi connectivity index (χ0v) is 18.3. The number of para-hydroxylation sites is 2. The van der Waals surface area contributed by atoms with E-state index in [1.807, 2.05) is 38.1 Å². The molecule has 1 fully saturated rings. The lowest BCUT2D eigenvalue weighted by atomic mass is 10.2. The van der Waals surface area contributed by atoms with Crippen LogP contribution in [0.15, 0.2) is 53.4 Å². The molecule has 1 N–H and O–H groups in total. The number of carbonyl (C=O) groups excluding carboxylic acids is 1. The van der Waals surface area contributed by atoms with Crippen molar-refractivity contribution < 1.29 is 27.4 Å². The van der Waals surface area contributed by atoms with Crippen LogP contribution in [-0.2, 0) is 14.8 Å². The number of rotatable bonds is 5. The third kappa shape index (κ3) is 4.84. The van der Waals surface area contributed by atoms with Gasteiger partial charge in [0.2, 0.25) is 10.0 Å². The van der Waals surface area contributed by atoms with Crippen LogP contribution in [0.2, 0.25) is 0 Å². The minimum atomic E-state index is -3.72. The number of nitrogens with zero attached hydrogens (tertiary/aromatic N) is 1. The summed E-state index contributed by atoms with van der Waals surface area (Å²) in [5.41, 5.74) is 0.271. The lowest BCUT2D eigenvalue weighted by Crippen LogP contribution is -2.48. The maximum atomic E-state index is 13.1. The molecule has 8 nitrogen and oxygen atoms in total. The Morgan fingerprint density at radius 3 is 2.52 bits per heavy atom. The largest absolute Gasteiger partial charge is 0.486 e. The van der Waals surface area contributed by atoms with Crippen LogP contribution < -0.4 is 14.8 Å². The Bertz CT molecular complexity index is 1050. The van der Waals surface area contributed by atoms with Crippen molar-refractivity contribution in [3.63, 3.8) is 0 Å². The smallest absolute Gasteiger partial charge is 0.251 e. The Labute approximate surface area is 182 Å². The molecular weight excluding hydrogens is 420 g/mol. The topological polar surface area (TPSA) is 94.2 Å². The lowest BCUT2D eigenvalue weighted by Gasteiger charge is -2.34. The minimum absolute atomic E-state index is 0.0904. The molecule has 2 aliphatic heterocycles. The molecule has 1 amide bonds. The Hall–Kier alpha value is -2.62. The zero-order valence-electron chi connectivity index (χ0n) is 17.5. The van der Waals surface area contributed by atoms with Gasteiger partial charge in [0.15, 0.2) is 11.5 Å². The van der Waals surface area contributed by atoms with E-state index in [4.69, 9.17) is 14.2 Å². The summed E-state index contributed by atoms with van der Waals surface area (Å²) in [7, 11) is -3.72. The molecule has 166 valence electrons. The van der Waals surface area contributed by atoms with Crippen molar-refractivity contribution in [2.45, 2.75) is 37.1 Å². The first kappa shape index (κ1) is 21.6. The predicted octanol–water partition coefficient (Wildman–Crippen LogP) is 2.05. The van der Waals surface area contributed by atoms with E-state index in [9.17, 15) is 13.2 Å². The first-order chi connectivity index (χ1) is 14.8. The molecule has 31 heavy (non-hydrogen) atoms. The second kappa shape index (κ2) is 8.86. The van der Waals surface area contributed by atoms with Gasteiger partial charge in [-0.1, -0.05) is 18.2 Å². The summed E-state index contributed by atoms with van der Waals surface area (Å²) in [5, 5.41) is 2.80. The number of nitrogens with one attached hydrogen (secondary N) is 1. The second-order valence-corrected chi connectivity index (χ2v) is 9.75.